The van der Waals surface area contributed by atoms with Gasteiger partial charge in [-0.2, -0.15) is 0 Å². The fourth-order valence-corrected chi connectivity index (χ4v) is 1.56. The van der Waals surface area contributed by atoms with Crippen LogP contribution in [0.25, 0.3) is 0 Å². The number of nitrogens with one attached hydrogen (secondary N) is 1. The Hall–Kier alpha value is -2.30. The van der Waals surface area contributed by atoms with E-state index in [1.165, 1.54) is 0 Å². The van der Waals surface area contributed by atoms with E-state index in [-0.39, 0.29) is 6.61 Å². The minimum Gasteiger partial charge on any atom is -0.480 e. The molecule has 0 saturated heterocycles. The molecule has 0 aromatic heterocycles. The molecule has 1 rings (SSSR count). The maximum Gasteiger partial charge on any atom is 0.408 e. The monoisotopic (exact) mass is 277 g/mol. The summed E-state index contributed by atoms with van der Waals surface area (Å²) in [7, 11) is 0. The average molecular weight is 277 g/mol. The summed E-state index contributed by atoms with van der Waals surface area (Å²) in [6.45, 7) is 5.63. The summed E-state index contributed by atoms with van der Waals surface area (Å²) in [5.74, 6) is -1.08. The fourth-order valence-electron chi connectivity index (χ4n) is 1.56. The number of ether oxygens (including phenoxy) is 1. The van der Waals surface area contributed by atoms with Crippen LogP contribution in [0.2, 0.25) is 0 Å². The molecule has 108 valence electrons. The van der Waals surface area contributed by atoms with Crippen LogP contribution in [-0.2, 0) is 16.1 Å². The van der Waals surface area contributed by atoms with Gasteiger partial charge < -0.3 is 15.2 Å². The molecule has 0 aliphatic rings. The van der Waals surface area contributed by atoms with Gasteiger partial charge in [-0.05, 0) is 25.3 Å². The summed E-state index contributed by atoms with van der Waals surface area (Å²) in [6, 6.07) is 8.22. The van der Waals surface area contributed by atoms with Crippen molar-refractivity contribution >= 4 is 12.1 Å². The number of allylic oxidation sites excluding steroid dienone is 1. The topological polar surface area (TPSA) is 75.6 Å². The molecule has 0 spiro atoms. The zero-order chi connectivity index (χ0) is 15.0. The number of benzene rings is 1. The van der Waals surface area contributed by atoms with Gasteiger partial charge in [-0.15, -0.1) is 6.58 Å². The van der Waals surface area contributed by atoms with Crippen molar-refractivity contribution in [1.82, 2.24) is 5.32 Å². The Bertz CT molecular complexity index is 470. The van der Waals surface area contributed by atoms with Crippen LogP contribution in [0.15, 0.2) is 42.5 Å². The maximum atomic E-state index is 11.6. The van der Waals surface area contributed by atoms with Gasteiger partial charge in [0.2, 0.25) is 0 Å². The zero-order valence-corrected chi connectivity index (χ0v) is 11.5. The fraction of sp³-hybridized carbons (Fsp3) is 0.333. The van der Waals surface area contributed by atoms with Gasteiger partial charge in [-0.25, -0.2) is 9.59 Å². The molecule has 0 heterocycles. The van der Waals surface area contributed by atoms with Crippen molar-refractivity contribution in [3.8, 4) is 0 Å². The Balaban J connectivity index is 2.41. The molecule has 0 radical (unpaired) electrons. The highest BCUT2D eigenvalue weighted by Gasteiger charge is 2.20. The highest BCUT2D eigenvalue weighted by molar-refractivity contribution is 5.79. The average Bonchev–Trinajstić information content (AvgIpc) is 2.41. The number of carboxylic acids is 1. The molecule has 1 aromatic rings. The van der Waals surface area contributed by atoms with Crippen molar-refractivity contribution < 1.29 is 19.4 Å². The number of hydrogen-bond donors (Lipinski definition) is 2. The van der Waals surface area contributed by atoms with E-state index in [0.29, 0.717) is 12.8 Å². The van der Waals surface area contributed by atoms with Crippen LogP contribution >= 0.6 is 0 Å². The Morgan fingerprint density at radius 1 is 1.35 bits per heavy atom. The number of carboxylic acid groups (broad SMARTS) is 1. The molecule has 0 saturated carbocycles. The number of hydrogen-bond acceptors (Lipinski definition) is 3. The van der Waals surface area contributed by atoms with Crippen molar-refractivity contribution in [2.75, 3.05) is 0 Å². The summed E-state index contributed by atoms with van der Waals surface area (Å²) in [5, 5.41) is 11.4. The third-order valence-electron chi connectivity index (χ3n) is 2.66. The van der Waals surface area contributed by atoms with Crippen LogP contribution in [-0.4, -0.2) is 23.2 Å². The Labute approximate surface area is 118 Å². The normalized spacial score (nSPS) is 11.4. The van der Waals surface area contributed by atoms with Crippen LogP contribution < -0.4 is 5.32 Å². The number of alkyl carbamates (subject to hydrolysis) is 1. The SMILES string of the molecule is C=C(C)CCC(NC(=O)OCc1ccccc1)C(=O)O. The van der Waals surface area contributed by atoms with E-state index < -0.39 is 18.1 Å². The Kier molecular flexibility index (Phi) is 6.29. The van der Waals surface area contributed by atoms with Crippen molar-refractivity contribution in [1.29, 1.82) is 0 Å². The summed E-state index contributed by atoms with van der Waals surface area (Å²) < 4.78 is 4.98. The Morgan fingerprint density at radius 2 is 2.00 bits per heavy atom. The van der Waals surface area contributed by atoms with Crippen molar-refractivity contribution in [3.63, 3.8) is 0 Å². The molecule has 1 amide bonds. The van der Waals surface area contributed by atoms with E-state index in [4.69, 9.17) is 9.84 Å². The first kappa shape index (κ1) is 15.8. The first-order valence-electron chi connectivity index (χ1n) is 6.33. The molecular weight excluding hydrogens is 258 g/mol. The highest BCUT2D eigenvalue weighted by Crippen LogP contribution is 2.06. The van der Waals surface area contributed by atoms with Crippen molar-refractivity contribution in [3.05, 3.63) is 48.0 Å². The zero-order valence-electron chi connectivity index (χ0n) is 11.5. The van der Waals surface area contributed by atoms with Gasteiger partial charge in [0.25, 0.3) is 0 Å². The van der Waals surface area contributed by atoms with Crippen LogP contribution in [0, 0.1) is 0 Å². The molecule has 0 bridgehead atoms. The van der Waals surface area contributed by atoms with E-state index in [0.717, 1.165) is 11.1 Å². The second-order valence-corrected chi connectivity index (χ2v) is 4.59. The third kappa shape index (κ3) is 6.04. The van der Waals surface area contributed by atoms with Crippen molar-refractivity contribution in [2.45, 2.75) is 32.4 Å². The standard InChI is InChI=1S/C15H19NO4/c1-11(2)8-9-13(14(17)18)16-15(19)20-10-12-6-4-3-5-7-12/h3-7,13H,1,8-10H2,2H3,(H,16,19)(H,17,18). The van der Waals surface area contributed by atoms with E-state index in [1.807, 2.05) is 37.3 Å². The second kappa shape index (κ2) is 7.99. The molecule has 5 heteroatoms. The van der Waals surface area contributed by atoms with Gasteiger partial charge in [0.05, 0.1) is 0 Å². The van der Waals surface area contributed by atoms with Gasteiger partial charge in [0, 0.05) is 0 Å². The summed E-state index contributed by atoms with van der Waals surface area (Å²) in [4.78, 5) is 22.6. The van der Waals surface area contributed by atoms with Gasteiger partial charge in [-0.3, -0.25) is 0 Å². The number of aliphatic carboxylic acids is 1. The van der Waals surface area contributed by atoms with Crippen LogP contribution in [0.3, 0.4) is 0 Å². The van der Waals surface area contributed by atoms with Gasteiger partial charge in [0.15, 0.2) is 0 Å². The van der Waals surface area contributed by atoms with E-state index in [9.17, 15) is 9.59 Å². The maximum absolute atomic E-state index is 11.6. The first-order chi connectivity index (χ1) is 9.49. The van der Waals surface area contributed by atoms with Crippen LogP contribution in [0.1, 0.15) is 25.3 Å². The second-order valence-electron chi connectivity index (χ2n) is 4.59. The summed E-state index contributed by atoms with van der Waals surface area (Å²) >= 11 is 0. The predicted octanol–water partition coefficient (Wildman–Crippen LogP) is 2.72. The van der Waals surface area contributed by atoms with Crippen molar-refractivity contribution in [2.24, 2.45) is 0 Å². The predicted molar refractivity (Wildman–Crippen MR) is 75.2 cm³/mol. The lowest BCUT2D eigenvalue weighted by atomic mass is 10.1. The van der Waals surface area contributed by atoms with Gasteiger partial charge in [0.1, 0.15) is 12.6 Å². The number of rotatable bonds is 7. The summed E-state index contributed by atoms with van der Waals surface area (Å²) in [5.41, 5.74) is 1.71. The molecule has 0 aliphatic carbocycles. The lowest BCUT2D eigenvalue weighted by Crippen LogP contribution is -2.41. The van der Waals surface area contributed by atoms with Gasteiger partial charge >= 0.3 is 12.1 Å². The highest BCUT2D eigenvalue weighted by atomic mass is 16.5. The molecule has 20 heavy (non-hydrogen) atoms. The van der Waals surface area contributed by atoms with E-state index >= 15 is 0 Å². The molecule has 0 fully saturated rings. The molecule has 2 N–H and O–H groups in total. The number of amides is 1. The largest absolute Gasteiger partial charge is 0.480 e. The number of carbonyl (C=O) groups excluding carboxylic acids is 1. The molecule has 5 nitrogen and oxygen atoms in total. The molecule has 1 unspecified atom stereocenters. The van der Waals surface area contributed by atoms with Gasteiger partial charge in [-0.1, -0.05) is 35.9 Å². The van der Waals surface area contributed by atoms with Crippen LogP contribution in [0.5, 0.6) is 0 Å². The third-order valence-corrected chi connectivity index (χ3v) is 2.66. The summed E-state index contributed by atoms with van der Waals surface area (Å²) in [6.07, 6.45) is 0.101. The molecule has 0 aliphatic heterocycles. The molecule has 1 atom stereocenters. The molecule has 1 aromatic carbocycles. The Morgan fingerprint density at radius 3 is 2.55 bits per heavy atom. The number of carbonyl (C=O) groups is 2. The minimum atomic E-state index is -1.08. The quantitative estimate of drug-likeness (QED) is 0.751. The smallest absolute Gasteiger partial charge is 0.408 e. The lowest BCUT2D eigenvalue weighted by Gasteiger charge is -2.14. The molecular formula is C15H19NO4. The first-order valence-corrected chi connectivity index (χ1v) is 6.33. The van der Waals surface area contributed by atoms with Crippen LogP contribution in [0.4, 0.5) is 4.79 Å². The van der Waals surface area contributed by atoms with E-state index in [2.05, 4.69) is 11.9 Å². The lowest BCUT2D eigenvalue weighted by molar-refractivity contribution is -0.139. The van der Waals surface area contributed by atoms with E-state index in [1.54, 1.807) is 0 Å². The minimum absolute atomic E-state index is 0.111.